The maximum atomic E-state index is 11.7. The number of amides is 1. The van der Waals surface area contributed by atoms with Crippen LogP contribution < -0.4 is 15.8 Å². The van der Waals surface area contributed by atoms with Crippen molar-refractivity contribution in [3.63, 3.8) is 0 Å². The molecule has 2 rings (SSSR count). The Morgan fingerprint density at radius 3 is 2.89 bits per heavy atom. The number of hydrogen-bond donors (Lipinski definition) is 3. The summed E-state index contributed by atoms with van der Waals surface area (Å²) in [5.41, 5.74) is 6.42. The van der Waals surface area contributed by atoms with Crippen molar-refractivity contribution in [2.24, 2.45) is 11.7 Å². The van der Waals surface area contributed by atoms with Crippen LogP contribution in [0, 0.1) is 5.92 Å². The lowest BCUT2D eigenvalue weighted by atomic mass is 10.1. The lowest BCUT2D eigenvalue weighted by Gasteiger charge is -2.11. The van der Waals surface area contributed by atoms with E-state index in [1.54, 1.807) is 12.1 Å². The fourth-order valence-electron chi connectivity index (χ4n) is 1.88. The van der Waals surface area contributed by atoms with Crippen LogP contribution in [0.5, 0.6) is 11.5 Å². The van der Waals surface area contributed by atoms with Crippen molar-refractivity contribution < 1.29 is 14.6 Å². The number of methoxy groups -OCH3 is 1. The molecule has 1 aromatic carbocycles. The molecule has 0 aromatic heterocycles. The van der Waals surface area contributed by atoms with Gasteiger partial charge in [0, 0.05) is 24.2 Å². The van der Waals surface area contributed by atoms with E-state index in [4.69, 9.17) is 10.5 Å². The second kappa shape index (κ2) is 5.27. The molecule has 0 spiro atoms. The molecule has 18 heavy (non-hydrogen) atoms. The van der Waals surface area contributed by atoms with E-state index in [0.29, 0.717) is 23.8 Å². The third kappa shape index (κ3) is 3.13. The highest BCUT2D eigenvalue weighted by molar-refractivity contribution is 5.91. The topological polar surface area (TPSA) is 84.6 Å². The van der Waals surface area contributed by atoms with E-state index in [-0.39, 0.29) is 17.7 Å². The summed E-state index contributed by atoms with van der Waals surface area (Å²) in [7, 11) is 1.47. The van der Waals surface area contributed by atoms with E-state index in [9.17, 15) is 9.90 Å². The van der Waals surface area contributed by atoms with Gasteiger partial charge in [-0.15, -0.1) is 0 Å². The maximum Gasteiger partial charge on any atom is 0.225 e. The molecular weight excluding hydrogens is 232 g/mol. The van der Waals surface area contributed by atoms with Crippen molar-refractivity contribution >= 4 is 11.6 Å². The number of anilines is 1. The summed E-state index contributed by atoms with van der Waals surface area (Å²) in [6.45, 7) is 0. The monoisotopic (exact) mass is 250 g/mol. The van der Waals surface area contributed by atoms with Crippen LogP contribution in [0.1, 0.15) is 19.3 Å². The summed E-state index contributed by atoms with van der Waals surface area (Å²) < 4.78 is 4.93. The average Bonchev–Trinajstić information content (AvgIpc) is 3.12. The molecule has 1 fully saturated rings. The van der Waals surface area contributed by atoms with Gasteiger partial charge in [-0.25, -0.2) is 0 Å². The second-order valence-corrected chi connectivity index (χ2v) is 4.64. The normalized spacial score (nSPS) is 16.1. The van der Waals surface area contributed by atoms with Gasteiger partial charge >= 0.3 is 0 Å². The number of benzene rings is 1. The van der Waals surface area contributed by atoms with Crippen molar-refractivity contribution in [3.8, 4) is 11.5 Å². The Balaban J connectivity index is 1.91. The van der Waals surface area contributed by atoms with Gasteiger partial charge in [0.25, 0.3) is 0 Å². The number of carbonyl (C=O) groups excluding carboxylic acids is 1. The van der Waals surface area contributed by atoms with E-state index in [1.165, 1.54) is 13.2 Å². The Labute approximate surface area is 106 Å². The molecule has 1 aliphatic carbocycles. The van der Waals surface area contributed by atoms with Crippen molar-refractivity contribution in [2.75, 3.05) is 12.4 Å². The third-order valence-corrected chi connectivity index (χ3v) is 3.11. The molecule has 5 nitrogen and oxygen atoms in total. The molecule has 1 aliphatic rings. The minimum Gasteiger partial charge on any atom is -0.504 e. The number of phenols is 1. The molecule has 1 aromatic rings. The van der Waals surface area contributed by atoms with E-state index < -0.39 is 0 Å². The molecule has 1 unspecified atom stereocenters. The number of hydrogen-bond acceptors (Lipinski definition) is 4. The van der Waals surface area contributed by atoms with E-state index >= 15 is 0 Å². The maximum absolute atomic E-state index is 11.7. The summed E-state index contributed by atoms with van der Waals surface area (Å²) in [5, 5.41) is 12.3. The highest BCUT2D eigenvalue weighted by Gasteiger charge is 2.29. The molecule has 98 valence electrons. The molecular formula is C13H18N2O3. The first-order valence-corrected chi connectivity index (χ1v) is 6.02. The summed E-state index contributed by atoms with van der Waals surface area (Å²) in [4.78, 5) is 11.7. The summed E-state index contributed by atoms with van der Waals surface area (Å²) in [6.07, 6.45) is 2.56. The Bertz CT molecular complexity index is 444. The predicted octanol–water partition coefficient (Wildman–Crippen LogP) is 1.47. The quantitative estimate of drug-likeness (QED) is 0.738. The predicted molar refractivity (Wildman–Crippen MR) is 68.6 cm³/mol. The van der Waals surface area contributed by atoms with Crippen LogP contribution in [0.25, 0.3) is 0 Å². The van der Waals surface area contributed by atoms with Crippen LogP contribution >= 0.6 is 0 Å². The molecule has 1 saturated carbocycles. The summed E-state index contributed by atoms with van der Waals surface area (Å²) >= 11 is 0. The number of ether oxygens (including phenoxy) is 1. The van der Waals surface area contributed by atoms with Gasteiger partial charge in [-0.05, 0) is 30.9 Å². The Hall–Kier alpha value is -1.75. The minimum absolute atomic E-state index is 0.00166. The van der Waals surface area contributed by atoms with Gasteiger partial charge in [0.1, 0.15) is 0 Å². The summed E-state index contributed by atoms with van der Waals surface area (Å²) in [5.74, 6) is 0.753. The van der Waals surface area contributed by atoms with Gasteiger partial charge < -0.3 is 20.9 Å². The largest absolute Gasteiger partial charge is 0.504 e. The molecule has 5 heteroatoms. The SMILES string of the molecule is COc1ccc(NC(=O)CC(N)C2CC2)cc1O. The van der Waals surface area contributed by atoms with E-state index in [1.807, 2.05) is 0 Å². The van der Waals surface area contributed by atoms with Gasteiger partial charge in [0.2, 0.25) is 5.91 Å². The molecule has 0 saturated heterocycles. The Kier molecular flexibility index (Phi) is 3.72. The molecule has 0 radical (unpaired) electrons. The van der Waals surface area contributed by atoms with Crippen LogP contribution in [0.15, 0.2) is 18.2 Å². The van der Waals surface area contributed by atoms with E-state index in [2.05, 4.69) is 5.32 Å². The zero-order chi connectivity index (χ0) is 13.1. The lowest BCUT2D eigenvalue weighted by Crippen LogP contribution is -2.28. The Morgan fingerprint density at radius 1 is 1.61 bits per heavy atom. The number of rotatable bonds is 5. The van der Waals surface area contributed by atoms with Gasteiger partial charge in [-0.3, -0.25) is 4.79 Å². The standard InChI is InChI=1S/C13H18N2O3/c1-18-12-5-4-9(6-11(12)16)15-13(17)7-10(14)8-2-3-8/h4-6,8,10,16H,2-3,7,14H2,1H3,(H,15,17). The van der Waals surface area contributed by atoms with Crippen molar-refractivity contribution in [2.45, 2.75) is 25.3 Å². The molecule has 4 N–H and O–H groups in total. The lowest BCUT2D eigenvalue weighted by molar-refractivity contribution is -0.116. The zero-order valence-corrected chi connectivity index (χ0v) is 10.3. The van der Waals surface area contributed by atoms with Crippen molar-refractivity contribution in [3.05, 3.63) is 18.2 Å². The Morgan fingerprint density at radius 2 is 2.33 bits per heavy atom. The highest BCUT2D eigenvalue weighted by Crippen LogP contribution is 2.33. The average molecular weight is 250 g/mol. The smallest absolute Gasteiger partial charge is 0.225 e. The minimum atomic E-state index is -0.126. The number of nitrogens with one attached hydrogen (secondary N) is 1. The number of carbonyl (C=O) groups is 1. The third-order valence-electron chi connectivity index (χ3n) is 3.11. The van der Waals surface area contributed by atoms with Gasteiger partial charge in [0.05, 0.1) is 7.11 Å². The van der Waals surface area contributed by atoms with E-state index in [0.717, 1.165) is 12.8 Å². The summed E-state index contributed by atoms with van der Waals surface area (Å²) in [6, 6.07) is 4.68. The number of aromatic hydroxyl groups is 1. The number of phenolic OH excluding ortho intramolecular Hbond substituents is 1. The fraction of sp³-hybridized carbons (Fsp3) is 0.462. The van der Waals surface area contributed by atoms with Crippen LogP contribution in [-0.4, -0.2) is 24.2 Å². The highest BCUT2D eigenvalue weighted by atomic mass is 16.5. The first kappa shape index (κ1) is 12.7. The van der Waals surface area contributed by atoms with Crippen molar-refractivity contribution in [1.82, 2.24) is 0 Å². The van der Waals surface area contributed by atoms with Gasteiger partial charge in [-0.1, -0.05) is 0 Å². The van der Waals surface area contributed by atoms with Crippen molar-refractivity contribution in [1.29, 1.82) is 0 Å². The zero-order valence-electron chi connectivity index (χ0n) is 10.3. The van der Waals surface area contributed by atoms with Crippen LogP contribution in [-0.2, 0) is 4.79 Å². The van der Waals surface area contributed by atoms with Crippen LogP contribution in [0.3, 0.4) is 0 Å². The number of nitrogens with two attached hydrogens (primary N) is 1. The second-order valence-electron chi connectivity index (χ2n) is 4.64. The van der Waals surface area contributed by atoms with Gasteiger partial charge in [0.15, 0.2) is 11.5 Å². The van der Waals surface area contributed by atoms with Crippen LogP contribution in [0.4, 0.5) is 5.69 Å². The van der Waals surface area contributed by atoms with Crippen LogP contribution in [0.2, 0.25) is 0 Å². The molecule has 0 bridgehead atoms. The molecule has 1 amide bonds. The first-order valence-electron chi connectivity index (χ1n) is 6.02. The molecule has 1 atom stereocenters. The fourth-order valence-corrected chi connectivity index (χ4v) is 1.88. The first-order chi connectivity index (χ1) is 8.60. The molecule has 0 aliphatic heterocycles. The molecule has 0 heterocycles. The van der Waals surface area contributed by atoms with Gasteiger partial charge in [-0.2, -0.15) is 0 Å².